The minimum absolute atomic E-state index is 0.00387. The summed E-state index contributed by atoms with van der Waals surface area (Å²) < 4.78 is 0. The number of aliphatic carboxylic acids is 1. The fourth-order valence-corrected chi connectivity index (χ4v) is 11.0. The van der Waals surface area contributed by atoms with Gasteiger partial charge in [-0.05, 0) is 112 Å². The van der Waals surface area contributed by atoms with Crippen molar-refractivity contribution in [3.8, 4) is 0 Å². The molecule has 98 heavy (non-hydrogen) atoms. The SMILES string of the molecule is CC[C@H](C)[C@H](NC(=O)[C@@H]1CCCN1C(=O)[C@H](CC(C)C)NC(=O)[C@@H](N)Cc1ccccc1)C(=O)N[C@H](C(=O)N[C@@H](C)C(=O)N[C@@H](CCC(=O)O)C(=O)N[C@@H](CC(C)C)C(=O)N[C@@H](CC(C)C)C(=O)N[C@@H](CO)C(=O)NCC(=O)N[C@@H](CC(C)C)C(=O)N[C@@H](CC(C)C)C(N)=O)C(C)C. The molecule has 0 aliphatic carbocycles. The highest BCUT2D eigenvalue weighted by atomic mass is 16.4. The van der Waals surface area contributed by atoms with Crippen LogP contribution in [0.4, 0.5) is 0 Å². The average molecular weight is 1380 g/mol. The number of likely N-dealkylation sites (tertiary alicyclic amines) is 1. The minimum atomic E-state index is -1.65. The second-order valence-corrected chi connectivity index (χ2v) is 28.2. The number of amides is 13. The molecule has 1 fully saturated rings. The van der Waals surface area contributed by atoms with Crippen molar-refractivity contribution in [1.82, 2.24) is 63.4 Å². The van der Waals surface area contributed by atoms with Crippen molar-refractivity contribution >= 4 is 82.8 Å². The van der Waals surface area contributed by atoms with Gasteiger partial charge in [-0.15, -0.1) is 0 Å². The van der Waals surface area contributed by atoms with Crippen molar-refractivity contribution in [3.05, 3.63) is 35.9 Å². The summed E-state index contributed by atoms with van der Waals surface area (Å²) in [6.07, 6.45) is 0.855. The van der Waals surface area contributed by atoms with Gasteiger partial charge in [0.2, 0.25) is 76.8 Å². The van der Waals surface area contributed by atoms with Gasteiger partial charge < -0.3 is 85.1 Å². The molecule has 30 nitrogen and oxygen atoms in total. The molecular formula is C68H114N14O16. The predicted octanol–water partition coefficient (Wildman–Crippen LogP) is -0.194. The Hall–Kier alpha value is -8.28. The van der Waals surface area contributed by atoms with Gasteiger partial charge in [0.25, 0.3) is 0 Å². The number of primary amides is 1. The normalized spacial score (nSPS) is 16.7. The molecule has 0 spiro atoms. The van der Waals surface area contributed by atoms with Crippen molar-refractivity contribution < 1.29 is 77.3 Å². The Labute approximate surface area is 576 Å². The van der Waals surface area contributed by atoms with Crippen molar-refractivity contribution in [1.29, 1.82) is 0 Å². The van der Waals surface area contributed by atoms with Crippen LogP contribution < -0.4 is 70.0 Å². The molecule has 1 aromatic rings. The third kappa shape index (κ3) is 30.2. The third-order valence-corrected chi connectivity index (χ3v) is 16.5. The predicted molar refractivity (Wildman–Crippen MR) is 366 cm³/mol. The van der Waals surface area contributed by atoms with E-state index in [-0.39, 0.29) is 81.1 Å². The number of nitrogens with two attached hydrogens (primary N) is 2. The lowest BCUT2D eigenvalue weighted by atomic mass is 9.96. The zero-order valence-corrected chi connectivity index (χ0v) is 60.0. The van der Waals surface area contributed by atoms with Crippen molar-refractivity contribution in [2.45, 2.75) is 247 Å². The molecular weight excluding hydrogens is 1270 g/mol. The summed E-state index contributed by atoms with van der Waals surface area (Å²) in [7, 11) is 0. The number of hydrogen-bond donors (Lipinski definition) is 15. The van der Waals surface area contributed by atoms with Crippen LogP contribution in [0.25, 0.3) is 0 Å². The second-order valence-electron chi connectivity index (χ2n) is 28.2. The Balaban J connectivity index is 2.26. The summed E-state index contributed by atoms with van der Waals surface area (Å²) in [5.74, 6) is -13.3. The number of nitrogens with zero attached hydrogens (tertiary/aromatic N) is 1. The number of aliphatic hydroxyl groups is 1. The maximum Gasteiger partial charge on any atom is 0.303 e. The van der Waals surface area contributed by atoms with Crippen LogP contribution in [-0.4, -0.2) is 190 Å². The lowest BCUT2D eigenvalue weighted by Gasteiger charge is -2.32. The molecule has 30 heteroatoms. The maximum atomic E-state index is 14.3. The molecule has 0 saturated carbocycles. The van der Waals surface area contributed by atoms with Gasteiger partial charge in [0.05, 0.1) is 19.2 Å². The third-order valence-electron chi connectivity index (χ3n) is 16.5. The number of carboxylic acids is 1. The number of carbonyl (C=O) groups excluding carboxylic acids is 13. The summed E-state index contributed by atoms with van der Waals surface area (Å²) in [6.45, 7) is 24.7. The molecule has 17 N–H and O–H groups in total. The van der Waals surface area contributed by atoms with E-state index in [9.17, 15) is 77.3 Å². The van der Waals surface area contributed by atoms with E-state index in [2.05, 4.69) is 58.5 Å². The molecule has 2 rings (SSSR count). The molecule has 0 bridgehead atoms. The number of carbonyl (C=O) groups is 14. The molecule has 1 aromatic carbocycles. The first kappa shape index (κ1) is 85.8. The first-order chi connectivity index (χ1) is 45.8. The Kier molecular flexibility index (Phi) is 37.2. The van der Waals surface area contributed by atoms with Gasteiger partial charge in [-0.3, -0.25) is 67.1 Å². The van der Waals surface area contributed by atoms with Crippen molar-refractivity contribution in [3.63, 3.8) is 0 Å². The van der Waals surface area contributed by atoms with Gasteiger partial charge in [0.1, 0.15) is 66.5 Å². The maximum absolute atomic E-state index is 14.3. The van der Waals surface area contributed by atoms with Crippen LogP contribution in [-0.2, 0) is 73.5 Å². The van der Waals surface area contributed by atoms with E-state index in [1.807, 2.05) is 58.0 Å². The number of carboxylic acid groups (broad SMARTS) is 1. The lowest BCUT2D eigenvalue weighted by Crippen LogP contribution is -2.61. The van der Waals surface area contributed by atoms with E-state index < -0.39 is 193 Å². The van der Waals surface area contributed by atoms with E-state index in [1.54, 1.807) is 69.2 Å². The molecule has 13 atom stereocenters. The van der Waals surface area contributed by atoms with E-state index >= 15 is 0 Å². The second kappa shape index (κ2) is 42.5. The summed E-state index contributed by atoms with van der Waals surface area (Å²) >= 11 is 0. The van der Waals surface area contributed by atoms with Crippen LogP contribution in [0.2, 0.25) is 0 Å². The molecule has 552 valence electrons. The van der Waals surface area contributed by atoms with Crippen molar-refractivity contribution in [2.75, 3.05) is 19.7 Å². The topological polar surface area (TPSA) is 467 Å². The summed E-state index contributed by atoms with van der Waals surface area (Å²) in [5, 5.41) is 48.3. The van der Waals surface area contributed by atoms with Gasteiger partial charge in [-0.25, -0.2) is 0 Å². The number of hydrogen-bond acceptors (Lipinski definition) is 16. The first-order valence-corrected chi connectivity index (χ1v) is 34.3. The Morgan fingerprint density at radius 2 is 0.959 bits per heavy atom. The van der Waals surface area contributed by atoms with E-state index in [4.69, 9.17) is 11.5 Å². The molecule has 0 aromatic heterocycles. The molecule has 0 unspecified atom stereocenters. The van der Waals surface area contributed by atoms with Crippen LogP contribution in [0.5, 0.6) is 0 Å². The number of nitrogens with one attached hydrogen (secondary N) is 11. The Morgan fingerprint density at radius 3 is 1.44 bits per heavy atom. The van der Waals surface area contributed by atoms with Gasteiger partial charge in [-0.2, -0.15) is 0 Å². The van der Waals surface area contributed by atoms with Gasteiger partial charge in [-0.1, -0.05) is 134 Å². The molecule has 13 amide bonds. The quantitative estimate of drug-likeness (QED) is 0.0403. The van der Waals surface area contributed by atoms with E-state index in [0.29, 0.717) is 12.8 Å². The highest BCUT2D eigenvalue weighted by Gasteiger charge is 2.42. The Morgan fingerprint density at radius 1 is 0.510 bits per heavy atom. The van der Waals surface area contributed by atoms with Crippen LogP contribution >= 0.6 is 0 Å². The molecule has 1 aliphatic heterocycles. The van der Waals surface area contributed by atoms with Crippen LogP contribution in [0.15, 0.2) is 30.3 Å². The molecule has 0 radical (unpaired) electrons. The Bertz CT molecular complexity index is 2860. The standard InChI is InChI=1S/C68H114N14O16/c1-16-41(14)56(81-65(95)52-23-20-26-82(52)68(98)50(31-39(10)11)78-59(89)44(69)32-43-21-18-17-19-22-43)67(97)80-55(40(12)13)66(96)72-42(15)58(88)74-45(24-25-54(85)86)61(91)76-48(29-37(6)7)63(93)77-49(30-38(8)9)64(94)79-51(34-83)60(90)71-33-53(84)73-47(28-36(4)5)62(92)75-46(57(70)87)27-35(2)3/h17-19,21-22,35-42,44-52,55-56,83H,16,20,23-34,69H2,1-15H3,(H2,70,87)(H,71,90)(H,72,96)(H,73,84)(H,74,88)(H,75,92)(H,76,91)(H,77,93)(H,78,89)(H,79,94)(H,80,97)(H,81,95)(H,85,86)/t41-,42-,44-,45-,46-,47-,48-,49-,50-,51-,52-,55-,56-/m0/s1. The van der Waals surface area contributed by atoms with Crippen LogP contribution in [0.3, 0.4) is 0 Å². The molecule has 1 saturated heterocycles. The monoisotopic (exact) mass is 1380 g/mol. The van der Waals surface area contributed by atoms with Crippen LogP contribution in [0, 0.1) is 41.4 Å². The van der Waals surface area contributed by atoms with Gasteiger partial charge >= 0.3 is 5.97 Å². The summed E-state index contributed by atoms with van der Waals surface area (Å²) in [6, 6.07) is -5.86. The zero-order chi connectivity index (χ0) is 74.4. The lowest BCUT2D eigenvalue weighted by molar-refractivity contribution is -0.143. The summed E-state index contributed by atoms with van der Waals surface area (Å²) in [5.41, 5.74) is 12.6. The summed E-state index contributed by atoms with van der Waals surface area (Å²) in [4.78, 5) is 192. The van der Waals surface area contributed by atoms with Gasteiger partial charge in [0, 0.05) is 13.0 Å². The largest absolute Gasteiger partial charge is 0.481 e. The van der Waals surface area contributed by atoms with Gasteiger partial charge in [0.15, 0.2) is 0 Å². The van der Waals surface area contributed by atoms with E-state index in [1.165, 1.54) is 11.8 Å². The first-order valence-electron chi connectivity index (χ1n) is 34.3. The smallest absolute Gasteiger partial charge is 0.303 e. The molecule has 1 heterocycles. The highest BCUT2D eigenvalue weighted by molar-refractivity contribution is 6.00. The fourth-order valence-electron chi connectivity index (χ4n) is 11.0. The van der Waals surface area contributed by atoms with Crippen molar-refractivity contribution in [2.24, 2.45) is 52.9 Å². The molecule has 1 aliphatic rings. The van der Waals surface area contributed by atoms with Crippen LogP contribution in [0.1, 0.15) is 174 Å². The number of rotatable bonds is 43. The van der Waals surface area contributed by atoms with E-state index in [0.717, 1.165) is 5.56 Å². The average Bonchev–Trinajstić information content (AvgIpc) is 1.59. The zero-order valence-electron chi connectivity index (χ0n) is 60.0. The minimum Gasteiger partial charge on any atom is -0.481 e. The fraction of sp³-hybridized carbons (Fsp3) is 0.706. The number of aliphatic hydroxyl groups excluding tert-OH is 1. The number of benzene rings is 1. The highest BCUT2D eigenvalue weighted by Crippen LogP contribution is 2.23.